The van der Waals surface area contributed by atoms with Gasteiger partial charge in [0.25, 0.3) is 0 Å². The van der Waals surface area contributed by atoms with Crippen LogP contribution in [-0.2, 0) is 33.6 Å². The monoisotopic (exact) mass is 533 g/mol. The van der Waals surface area contributed by atoms with Crippen molar-refractivity contribution < 1.29 is 54.6 Å². The van der Waals surface area contributed by atoms with E-state index < -0.39 is 84.2 Å². The maximum atomic E-state index is 12.9. The van der Waals surface area contributed by atoms with E-state index in [0.717, 1.165) is 0 Å². The van der Waals surface area contributed by atoms with Crippen LogP contribution in [0.4, 0.5) is 0 Å². The first-order valence-corrected chi connectivity index (χ1v) is 11.5. The Hall–Kier alpha value is -3.79. The van der Waals surface area contributed by atoms with Crippen LogP contribution in [0.5, 0.6) is 0 Å². The summed E-state index contributed by atoms with van der Waals surface area (Å²) in [4.78, 5) is 82.9. The van der Waals surface area contributed by atoms with E-state index >= 15 is 0 Å². The Morgan fingerprint density at radius 2 is 1.16 bits per heavy atom. The van der Waals surface area contributed by atoms with Crippen molar-refractivity contribution in [2.24, 2.45) is 5.73 Å². The van der Waals surface area contributed by atoms with Crippen LogP contribution in [0.3, 0.4) is 0 Å². The van der Waals surface area contributed by atoms with E-state index in [1.54, 1.807) is 0 Å². The molecule has 0 aliphatic rings. The number of hydrogen-bond donors (Lipinski definition) is 9. The fourth-order valence-corrected chi connectivity index (χ4v) is 2.85. The minimum absolute atomic E-state index is 0.0605. The highest BCUT2D eigenvalue weighted by Crippen LogP contribution is 2.07. The van der Waals surface area contributed by atoms with Gasteiger partial charge in [0.15, 0.2) is 6.04 Å². The number of carbonyl (C=O) groups is 7. The molecule has 0 unspecified atom stereocenters. The van der Waals surface area contributed by atoms with Crippen molar-refractivity contribution in [3.05, 3.63) is 0 Å². The number of nitrogens with two attached hydrogens (primary N) is 1. The number of amides is 4. The first kappa shape index (κ1) is 33.2. The zero-order chi connectivity index (χ0) is 28.9. The van der Waals surface area contributed by atoms with E-state index in [-0.39, 0.29) is 25.7 Å². The molecule has 0 saturated carbocycles. The number of aliphatic carboxylic acids is 3. The van der Waals surface area contributed by atoms with E-state index in [9.17, 15) is 33.6 Å². The van der Waals surface area contributed by atoms with Gasteiger partial charge in [-0.3, -0.25) is 28.8 Å². The predicted molar refractivity (Wildman–Crippen MR) is 125 cm³/mol. The third kappa shape index (κ3) is 13.2. The standard InChI is InChI=1S/C21H36N6O10/c1-9(22)16(30)26-14(7-8-15(28)29)19(33)27-13(6-4-5-12(23)21(36)37)18(32)24-10(2)17(31)25-11(3)20(34)35/h9-14H,4-8,22-23H2,1-3H3,(H,24,32)(H,25,31)(H,26,30)(H,27,33)(H,28,29)(H,34,35)(H,36,37)/p+1/t9-,10+,11+,12+,13-,14+/m0/s1. The van der Waals surface area contributed by atoms with Gasteiger partial charge in [-0.1, -0.05) is 0 Å². The lowest BCUT2D eigenvalue weighted by Crippen LogP contribution is -2.64. The number of carboxylic acids is 3. The SMILES string of the molecule is C[C@H](N)C(=O)N[C@H](CCC(=O)O)C(=O)N[C@@H](CCC[C@@H]([NH3+])C(=O)O)C(=O)N[C@H](C)C(=O)N[C@H](C)C(=O)O. The van der Waals surface area contributed by atoms with Crippen LogP contribution in [0, 0.1) is 0 Å². The van der Waals surface area contributed by atoms with E-state index in [0.29, 0.717) is 0 Å². The summed E-state index contributed by atoms with van der Waals surface area (Å²) in [7, 11) is 0. The summed E-state index contributed by atoms with van der Waals surface area (Å²) < 4.78 is 0. The summed E-state index contributed by atoms with van der Waals surface area (Å²) in [6.45, 7) is 3.87. The molecule has 0 aromatic carbocycles. The molecule has 0 radical (unpaired) electrons. The molecule has 0 aromatic rings. The van der Waals surface area contributed by atoms with Crippen molar-refractivity contribution in [1.82, 2.24) is 21.3 Å². The van der Waals surface area contributed by atoms with Gasteiger partial charge in [0.1, 0.15) is 24.2 Å². The lowest BCUT2D eigenvalue weighted by molar-refractivity contribution is -0.409. The third-order valence-electron chi connectivity index (χ3n) is 5.20. The van der Waals surface area contributed by atoms with Crippen LogP contribution in [0.1, 0.15) is 52.9 Å². The van der Waals surface area contributed by atoms with Crippen molar-refractivity contribution in [2.75, 3.05) is 0 Å². The smallest absolute Gasteiger partial charge is 0.362 e. The first-order chi connectivity index (χ1) is 17.1. The number of quaternary nitrogens is 1. The minimum atomic E-state index is -1.35. The molecule has 6 atom stereocenters. The number of carbonyl (C=O) groups excluding carboxylic acids is 4. The van der Waals surface area contributed by atoms with Crippen molar-refractivity contribution >= 4 is 41.5 Å². The van der Waals surface area contributed by atoms with Crippen molar-refractivity contribution in [2.45, 2.75) is 89.1 Å². The van der Waals surface area contributed by atoms with Crippen LogP contribution < -0.4 is 32.7 Å². The van der Waals surface area contributed by atoms with Crippen molar-refractivity contribution in [1.29, 1.82) is 0 Å². The second kappa shape index (κ2) is 16.1. The van der Waals surface area contributed by atoms with Gasteiger partial charge in [0.05, 0.1) is 6.04 Å². The fraction of sp³-hybridized carbons (Fsp3) is 0.667. The Morgan fingerprint density at radius 3 is 1.65 bits per heavy atom. The zero-order valence-corrected chi connectivity index (χ0v) is 21.0. The highest BCUT2D eigenvalue weighted by molar-refractivity contribution is 5.95. The third-order valence-corrected chi connectivity index (χ3v) is 5.20. The number of rotatable bonds is 17. The molecule has 0 aliphatic heterocycles. The summed E-state index contributed by atoms with van der Waals surface area (Å²) in [5.74, 6) is -6.95. The molecule has 16 heteroatoms. The van der Waals surface area contributed by atoms with Gasteiger partial charge < -0.3 is 48.1 Å². The molecule has 0 heterocycles. The van der Waals surface area contributed by atoms with Crippen LogP contribution in [0.15, 0.2) is 0 Å². The van der Waals surface area contributed by atoms with Crippen LogP contribution in [0.2, 0.25) is 0 Å². The molecule has 4 amide bonds. The molecule has 12 N–H and O–H groups in total. The van der Waals surface area contributed by atoms with E-state index in [1.807, 2.05) is 0 Å². The van der Waals surface area contributed by atoms with Crippen LogP contribution >= 0.6 is 0 Å². The molecule has 0 aromatic heterocycles. The van der Waals surface area contributed by atoms with E-state index in [4.69, 9.17) is 21.1 Å². The van der Waals surface area contributed by atoms with Crippen LogP contribution in [-0.4, -0.2) is 93.1 Å². The van der Waals surface area contributed by atoms with E-state index in [1.165, 1.54) is 20.8 Å². The van der Waals surface area contributed by atoms with Gasteiger partial charge in [0, 0.05) is 12.8 Å². The molecule has 0 saturated heterocycles. The Kier molecular flexibility index (Phi) is 14.4. The van der Waals surface area contributed by atoms with Gasteiger partial charge in [-0.25, -0.2) is 4.79 Å². The number of hydrogen-bond acceptors (Lipinski definition) is 8. The molecular formula is C21H37N6O10+. The normalized spacial score (nSPS) is 15.6. The van der Waals surface area contributed by atoms with Gasteiger partial charge in [-0.05, 0) is 40.0 Å². The highest BCUT2D eigenvalue weighted by Gasteiger charge is 2.30. The first-order valence-electron chi connectivity index (χ1n) is 11.5. The van der Waals surface area contributed by atoms with E-state index in [2.05, 4.69) is 27.0 Å². The van der Waals surface area contributed by atoms with Gasteiger partial charge in [-0.15, -0.1) is 0 Å². The summed E-state index contributed by atoms with van der Waals surface area (Å²) >= 11 is 0. The predicted octanol–water partition coefficient (Wildman–Crippen LogP) is -3.87. The second-order valence-electron chi connectivity index (χ2n) is 8.61. The quantitative estimate of drug-likeness (QED) is 0.0871. The maximum Gasteiger partial charge on any atom is 0.362 e. The lowest BCUT2D eigenvalue weighted by Gasteiger charge is -2.25. The Labute approximate surface area is 212 Å². The molecule has 0 spiro atoms. The average molecular weight is 534 g/mol. The van der Waals surface area contributed by atoms with Gasteiger partial charge in [0.2, 0.25) is 23.6 Å². The summed E-state index contributed by atoms with van der Waals surface area (Å²) in [5.41, 5.74) is 8.96. The van der Waals surface area contributed by atoms with Crippen LogP contribution in [0.25, 0.3) is 0 Å². The topological polar surface area (TPSA) is 282 Å². The molecule has 0 rings (SSSR count). The molecular weight excluding hydrogens is 496 g/mol. The second-order valence-corrected chi connectivity index (χ2v) is 8.61. The Bertz CT molecular complexity index is 865. The fourth-order valence-electron chi connectivity index (χ4n) is 2.85. The minimum Gasteiger partial charge on any atom is -0.481 e. The van der Waals surface area contributed by atoms with Crippen molar-refractivity contribution in [3.63, 3.8) is 0 Å². The molecule has 0 fully saturated rings. The zero-order valence-electron chi connectivity index (χ0n) is 21.0. The molecule has 37 heavy (non-hydrogen) atoms. The molecule has 16 nitrogen and oxygen atoms in total. The number of nitrogens with one attached hydrogen (secondary N) is 4. The maximum absolute atomic E-state index is 12.9. The number of carboxylic acid groups (broad SMARTS) is 3. The largest absolute Gasteiger partial charge is 0.481 e. The summed E-state index contributed by atoms with van der Waals surface area (Å²) in [6, 6.07) is -7.06. The van der Waals surface area contributed by atoms with Gasteiger partial charge >= 0.3 is 17.9 Å². The van der Waals surface area contributed by atoms with Crippen molar-refractivity contribution in [3.8, 4) is 0 Å². The average Bonchev–Trinajstić information content (AvgIpc) is 2.79. The molecule has 0 bridgehead atoms. The Balaban J connectivity index is 5.60. The molecule has 210 valence electrons. The highest BCUT2D eigenvalue weighted by atomic mass is 16.4. The molecule has 0 aliphatic carbocycles. The lowest BCUT2D eigenvalue weighted by atomic mass is 10.0. The Morgan fingerprint density at radius 1 is 0.676 bits per heavy atom. The van der Waals surface area contributed by atoms with Gasteiger partial charge in [-0.2, -0.15) is 0 Å². The summed E-state index contributed by atoms with van der Waals surface area (Å²) in [5, 5.41) is 36.1. The summed E-state index contributed by atoms with van der Waals surface area (Å²) in [6.07, 6.45) is -0.676.